The van der Waals surface area contributed by atoms with Gasteiger partial charge in [-0.25, -0.2) is 4.98 Å². The third-order valence-electron chi connectivity index (χ3n) is 4.85. The van der Waals surface area contributed by atoms with Crippen molar-refractivity contribution >= 4 is 28.4 Å². The molecule has 0 saturated heterocycles. The highest BCUT2D eigenvalue weighted by atomic mass is 35.5. The molecular formula is C22H21ClN4O. The van der Waals surface area contributed by atoms with E-state index in [4.69, 9.17) is 16.6 Å². The number of hydrazine groups is 1. The van der Waals surface area contributed by atoms with Gasteiger partial charge in [0.15, 0.2) is 0 Å². The highest BCUT2D eigenvalue weighted by molar-refractivity contribution is 6.30. The lowest BCUT2D eigenvalue weighted by molar-refractivity contribution is 0.0939. The lowest BCUT2D eigenvalue weighted by Gasteiger charge is -2.23. The zero-order valence-electron chi connectivity index (χ0n) is 15.6. The van der Waals surface area contributed by atoms with Gasteiger partial charge in [0.2, 0.25) is 0 Å². The van der Waals surface area contributed by atoms with Gasteiger partial charge in [0.25, 0.3) is 5.91 Å². The molecule has 1 amide bonds. The molecule has 1 aliphatic rings. The Kier molecular flexibility index (Phi) is 5.28. The summed E-state index contributed by atoms with van der Waals surface area (Å²) in [5.41, 5.74) is 9.94. The Morgan fingerprint density at radius 2 is 1.93 bits per heavy atom. The summed E-state index contributed by atoms with van der Waals surface area (Å²) >= 11 is 6.00. The van der Waals surface area contributed by atoms with E-state index in [1.807, 2.05) is 54.6 Å². The number of aromatic nitrogens is 1. The van der Waals surface area contributed by atoms with Crippen molar-refractivity contribution in [1.82, 2.24) is 20.7 Å². The van der Waals surface area contributed by atoms with E-state index in [9.17, 15) is 4.79 Å². The number of hydrogen-bond donors (Lipinski definition) is 2. The number of fused-ring (bicyclic) bond motifs is 1. The molecule has 1 aliphatic heterocycles. The zero-order chi connectivity index (χ0) is 19.5. The van der Waals surface area contributed by atoms with Crippen molar-refractivity contribution < 1.29 is 4.79 Å². The Morgan fingerprint density at radius 1 is 1.14 bits per heavy atom. The topological polar surface area (TPSA) is 57.3 Å². The minimum atomic E-state index is -0.186. The second-order valence-electron chi connectivity index (χ2n) is 6.90. The van der Waals surface area contributed by atoms with Gasteiger partial charge in [-0.15, -0.1) is 0 Å². The minimum absolute atomic E-state index is 0.186. The first-order valence-corrected chi connectivity index (χ1v) is 9.57. The summed E-state index contributed by atoms with van der Waals surface area (Å²) in [6.45, 7) is 1.84. The molecule has 0 radical (unpaired) electrons. The fraction of sp³-hybridized carbons (Fsp3) is 0.182. The smallest absolute Gasteiger partial charge is 0.270 e. The molecule has 0 saturated carbocycles. The van der Waals surface area contributed by atoms with Gasteiger partial charge in [0.1, 0.15) is 0 Å². The quantitative estimate of drug-likeness (QED) is 0.659. The number of carbonyl (C=O) groups is 1. The summed E-state index contributed by atoms with van der Waals surface area (Å²) in [4.78, 5) is 19.9. The number of nitrogens with one attached hydrogen (secondary N) is 2. The average Bonchev–Trinajstić information content (AvgIpc) is 2.73. The van der Waals surface area contributed by atoms with E-state index >= 15 is 0 Å². The molecule has 0 aliphatic carbocycles. The van der Waals surface area contributed by atoms with Crippen molar-refractivity contribution in [2.75, 3.05) is 20.1 Å². The Labute approximate surface area is 169 Å². The van der Waals surface area contributed by atoms with Crippen LogP contribution in [0.15, 0.2) is 66.4 Å². The Hall–Kier alpha value is -2.89. The zero-order valence-corrected chi connectivity index (χ0v) is 16.3. The molecule has 2 N–H and O–H groups in total. The molecular weight excluding hydrogens is 372 g/mol. The van der Waals surface area contributed by atoms with Gasteiger partial charge in [0, 0.05) is 41.2 Å². The fourth-order valence-electron chi connectivity index (χ4n) is 3.22. The number of likely N-dealkylation sites (N-methyl/N-ethyl adjacent to an activating group) is 1. The highest BCUT2D eigenvalue weighted by Crippen LogP contribution is 2.26. The van der Waals surface area contributed by atoms with Gasteiger partial charge in [0.05, 0.1) is 16.8 Å². The molecule has 4 rings (SSSR count). The van der Waals surface area contributed by atoms with Crippen LogP contribution in [0.4, 0.5) is 0 Å². The van der Waals surface area contributed by atoms with Crippen LogP contribution in [-0.2, 0) is 0 Å². The van der Waals surface area contributed by atoms with Crippen LogP contribution in [0.3, 0.4) is 0 Å². The molecule has 3 aromatic rings. The molecule has 5 nitrogen and oxygen atoms in total. The lowest BCUT2D eigenvalue weighted by Crippen LogP contribution is -2.39. The van der Waals surface area contributed by atoms with E-state index in [2.05, 4.69) is 28.9 Å². The van der Waals surface area contributed by atoms with E-state index < -0.39 is 0 Å². The Bertz CT molecular complexity index is 1050. The van der Waals surface area contributed by atoms with Crippen molar-refractivity contribution in [3.05, 3.63) is 77.0 Å². The molecule has 0 unspecified atom stereocenters. The number of carbonyl (C=O) groups excluding carboxylic acids is 1. The van der Waals surface area contributed by atoms with Crippen molar-refractivity contribution in [3.8, 4) is 11.3 Å². The van der Waals surface area contributed by atoms with Crippen LogP contribution < -0.4 is 10.9 Å². The van der Waals surface area contributed by atoms with Crippen LogP contribution in [0.25, 0.3) is 22.2 Å². The number of amides is 1. The van der Waals surface area contributed by atoms with Crippen molar-refractivity contribution in [3.63, 3.8) is 0 Å². The molecule has 2 heterocycles. The van der Waals surface area contributed by atoms with E-state index in [1.54, 1.807) is 0 Å². The summed E-state index contributed by atoms with van der Waals surface area (Å²) in [7, 11) is 2.08. The number of para-hydroxylation sites is 1. The SMILES string of the molecule is CN1CC=C(NNC(=O)c2cc(-c3ccc(Cl)cc3)nc3ccccc23)CC1. The summed E-state index contributed by atoms with van der Waals surface area (Å²) in [5, 5.41) is 1.48. The molecule has 0 fully saturated rings. The summed E-state index contributed by atoms with van der Waals surface area (Å²) in [5.74, 6) is -0.186. The van der Waals surface area contributed by atoms with Gasteiger partial charge in [-0.3, -0.25) is 10.2 Å². The predicted molar refractivity (Wildman–Crippen MR) is 113 cm³/mol. The third kappa shape index (κ3) is 4.01. The van der Waals surface area contributed by atoms with E-state index in [1.165, 1.54) is 0 Å². The number of benzene rings is 2. The second-order valence-corrected chi connectivity index (χ2v) is 7.34. The molecule has 28 heavy (non-hydrogen) atoms. The van der Waals surface area contributed by atoms with Crippen molar-refractivity contribution in [2.45, 2.75) is 6.42 Å². The number of pyridine rings is 1. The first-order valence-electron chi connectivity index (χ1n) is 9.20. The molecule has 0 bridgehead atoms. The number of nitrogens with zero attached hydrogens (tertiary/aromatic N) is 2. The molecule has 142 valence electrons. The van der Waals surface area contributed by atoms with Crippen LogP contribution in [0, 0.1) is 0 Å². The molecule has 1 aromatic heterocycles. The largest absolute Gasteiger partial charge is 0.303 e. The van der Waals surface area contributed by atoms with Gasteiger partial charge < -0.3 is 10.3 Å². The first kappa shape index (κ1) is 18.5. The fourth-order valence-corrected chi connectivity index (χ4v) is 3.35. The minimum Gasteiger partial charge on any atom is -0.303 e. The van der Waals surface area contributed by atoms with E-state index in [0.29, 0.717) is 10.6 Å². The van der Waals surface area contributed by atoms with Crippen LogP contribution in [-0.4, -0.2) is 35.9 Å². The molecule has 6 heteroatoms. The second kappa shape index (κ2) is 8.00. The highest BCUT2D eigenvalue weighted by Gasteiger charge is 2.15. The monoisotopic (exact) mass is 392 g/mol. The summed E-state index contributed by atoms with van der Waals surface area (Å²) in [6.07, 6.45) is 2.97. The maximum absolute atomic E-state index is 12.9. The molecule has 0 atom stereocenters. The Balaban J connectivity index is 1.65. The van der Waals surface area contributed by atoms with Crippen LogP contribution in [0.1, 0.15) is 16.8 Å². The van der Waals surface area contributed by atoms with Crippen molar-refractivity contribution in [2.24, 2.45) is 0 Å². The first-order chi connectivity index (χ1) is 13.6. The van der Waals surface area contributed by atoms with Crippen molar-refractivity contribution in [1.29, 1.82) is 0 Å². The predicted octanol–water partition coefficient (Wildman–Crippen LogP) is 4.01. The number of halogens is 1. The van der Waals surface area contributed by atoms with E-state index in [0.717, 1.165) is 47.4 Å². The number of rotatable bonds is 4. The standard InChI is InChI=1S/C22H21ClN4O/c1-27-12-10-17(11-13-27)25-26-22(28)19-14-21(15-6-8-16(23)9-7-15)24-20-5-3-2-4-18(19)20/h2-10,14,25H,11-13H2,1H3,(H,26,28). The Morgan fingerprint density at radius 3 is 2.68 bits per heavy atom. The maximum atomic E-state index is 12.9. The molecule has 0 spiro atoms. The number of hydrogen-bond acceptors (Lipinski definition) is 4. The lowest BCUT2D eigenvalue weighted by atomic mass is 10.0. The summed E-state index contributed by atoms with van der Waals surface area (Å²) in [6, 6.07) is 16.9. The van der Waals surface area contributed by atoms with Gasteiger partial charge in [-0.2, -0.15) is 0 Å². The molecule has 2 aromatic carbocycles. The van der Waals surface area contributed by atoms with Gasteiger partial charge in [-0.1, -0.05) is 41.9 Å². The van der Waals surface area contributed by atoms with Crippen LogP contribution in [0.2, 0.25) is 5.02 Å². The third-order valence-corrected chi connectivity index (χ3v) is 5.10. The average molecular weight is 393 g/mol. The normalized spacial score (nSPS) is 14.6. The van der Waals surface area contributed by atoms with Gasteiger partial charge in [-0.05, 0) is 37.4 Å². The van der Waals surface area contributed by atoms with Crippen LogP contribution in [0.5, 0.6) is 0 Å². The van der Waals surface area contributed by atoms with Gasteiger partial charge >= 0.3 is 0 Å². The van der Waals surface area contributed by atoms with Crippen LogP contribution >= 0.6 is 11.6 Å². The maximum Gasteiger partial charge on any atom is 0.270 e. The van der Waals surface area contributed by atoms with E-state index in [-0.39, 0.29) is 5.91 Å². The summed E-state index contributed by atoms with van der Waals surface area (Å²) < 4.78 is 0.